The van der Waals surface area contributed by atoms with Crippen molar-refractivity contribution in [1.82, 2.24) is 0 Å². The molecule has 1 aliphatic rings. The van der Waals surface area contributed by atoms with Crippen LogP contribution in [-0.2, 0) is 16.5 Å². The van der Waals surface area contributed by atoms with E-state index in [-0.39, 0.29) is 16.5 Å². The van der Waals surface area contributed by atoms with E-state index in [1.165, 1.54) is 32.1 Å². The van der Waals surface area contributed by atoms with Crippen LogP contribution in [-0.4, -0.2) is 0 Å². The fraction of sp³-hybridized carbons (Fsp3) is 0.625. The van der Waals surface area contributed by atoms with E-state index in [4.69, 9.17) is 0 Å². The Bertz CT molecular complexity index is 66.6. The zero-order valence-electron chi connectivity index (χ0n) is 5.58. The molecular formula is C8H13Ni+. The quantitative estimate of drug-likeness (QED) is 0.296. The van der Waals surface area contributed by atoms with Gasteiger partial charge in [-0.05, 0) is 6.42 Å². The van der Waals surface area contributed by atoms with Crippen LogP contribution in [0.3, 0.4) is 0 Å². The summed E-state index contributed by atoms with van der Waals surface area (Å²) in [6, 6.07) is 0. The summed E-state index contributed by atoms with van der Waals surface area (Å²) in [6.07, 6.45) is 13.5. The van der Waals surface area contributed by atoms with Crippen molar-refractivity contribution in [1.29, 1.82) is 0 Å². The molecule has 0 nitrogen and oxygen atoms in total. The van der Waals surface area contributed by atoms with Crippen molar-refractivity contribution >= 4 is 0 Å². The number of allylic oxidation sites excluding steroid dienone is 2. The molecule has 1 heteroatoms. The second-order valence-corrected chi connectivity index (χ2v) is 2.27. The number of rotatable bonds is 0. The Morgan fingerprint density at radius 2 is 1.78 bits per heavy atom. The minimum Gasteiger partial charge on any atom is -0.328 e. The van der Waals surface area contributed by atoms with Crippen LogP contribution in [0.1, 0.15) is 32.1 Å². The average Bonchev–Trinajstić information content (AvgIpc) is 1.62. The second kappa shape index (κ2) is 6.35. The largest absolute Gasteiger partial charge is 2.00 e. The van der Waals surface area contributed by atoms with E-state index in [0.717, 1.165) is 0 Å². The summed E-state index contributed by atoms with van der Waals surface area (Å²) in [5, 5.41) is 0. The first-order valence-electron chi connectivity index (χ1n) is 3.47. The molecule has 1 rings (SSSR count). The van der Waals surface area contributed by atoms with Crippen molar-refractivity contribution in [3.63, 3.8) is 0 Å². The molecule has 0 saturated heterocycles. The van der Waals surface area contributed by atoms with Crippen LogP contribution in [0.2, 0.25) is 0 Å². The van der Waals surface area contributed by atoms with Crippen LogP contribution in [0.25, 0.3) is 0 Å². The molecular weight excluding hydrogens is 155 g/mol. The van der Waals surface area contributed by atoms with E-state index >= 15 is 0 Å². The molecule has 9 heavy (non-hydrogen) atoms. The first-order chi connectivity index (χ1) is 4.00. The van der Waals surface area contributed by atoms with Gasteiger partial charge in [0.05, 0.1) is 0 Å². The molecule has 0 saturated carbocycles. The Balaban J connectivity index is 0.000000640. The monoisotopic (exact) mass is 167 g/mol. The SMILES string of the molecule is C1=CCCC[CH-]CC1.[Ni+2]. The summed E-state index contributed by atoms with van der Waals surface area (Å²) < 4.78 is 0. The summed E-state index contributed by atoms with van der Waals surface area (Å²) in [5.41, 5.74) is 0. The predicted molar refractivity (Wildman–Crippen MR) is 36.5 cm³/mol. The van der Waals surface area contributed by atoms with Gasteiger partial charge in [-0.15, -0.1) is 0 Å². The van der Waals surface area contributed by atoms with Crippen molar-refractivity contribution in [2.24, 2.45) is 0 Å². The van der Waals surface area contributed by atoms with Crippen molar-refractivity contribution in [2.75, 3.05) is 0 Å². The third kappa shape index (κ3) is 4.72. The van der Waals surface area contributed by atoms with Gasteiger partial charge in [0.2, 0.25) is 0 Å². The summed E-state index contributed by atoms with van der Waals surface area (Å²) in [5.74, 6) is 0. The fourth-order valence-electron chi connectivity index (χ4n) is 0.974. The minimum absolute atomic E-state index is 0. The molecule has 0 aromatic rings. The standard InChI is InChI=1S/C8H13.Ni/c1-2-4-6-8-7-5-3-1;/h1-2,7H,3-6,8H2;/q-1;+2. The van der Waals surface area contributed by atoms with Crippen LogP contribution in [0.5, 0.6) is 0 Å². The van der Waals surface area contributed by atoms with Crippen LogP contribution >= 0.6 is 0 Å². The van der Waals surface area contributed by atoms with Crippen LogP contribution in [0.15, 0.2) is 12.2 Å². The Morgan fingerprint density at radius 1 is 1.00 bits per heavy atom. The van der Waals surface area contributed by atoms with E-state index < -0.39 is 0 Å². The van der Waals surface area contributed by atoms with Gasteiger partial charge in [-0.1, -0.05) is 25.0 Å². The van der Waals surface area contributed by atoms with E-state index in [0.29, 0.717) is 0 Å². The van der Waals surface area contributed by atoms with E-state index in [9.17, 15) is 0 Å². The van der Waals surface area contributed by atoms with Gasteiger partial charge in [-0.2, -0.15) is 12.8 Å². The summed E-state index contributed by atoms with van der Waals surface area (Å²) >= 11 is 0. The zero-order chi connectivity index (χ0) is 5.66. The van der Waals surface area contributed by atoms with E-state index in [1.54, 1.807) is 0 Å². The van der Waals surface area contributed by atoms with Gasteiger partial charge in [0.25, 0.3) is 0 Å². The Kier molecular flexibility index (Phi) is 6.52. The smallest absolute Gasteiger partial charge is 0.328 e. The molecule has 0 aromatic carbocycles. The van der Waals surface area contributed by atoms with Gasteiger partial charge in [0.15, 0.2) is 0 Å². The van der Waals surface area contributed by atoms with Crippen molar-refractivity contribution in [2.45, 2.75) is 32.1 Å². The average molecular weight is 168 g/mol. The summed E-state index contributed by atoms with van der Waals surface area (Å²) in [4.78, 5) is 0. The maximum absolute atomic E-state index is 2.39. The Labute approximate surface area is 67.6 Å². The van der Waals surface area contributed by atoms with Crippen LogP contribution in [0, 0.1) is 6.42 Å². The number of hydrogen-bond acceptors (Lipinski definition) is 0. The molecule has 0 heterocycles. The summed E-state index contributed by atoms with van der Waals surface area (Å²) in [6.45, 7) is 0. The van der Waals surface area contributed by atoms with Gasteiger partial charge in [0.1, 0.15) is 0 Å². The minimum atomic E-state index is 0. The maximum Gasteiger partial charge on any atom is 2.00 e. The van der Waals surface area contributed by atoms with Crippen LogP contribution < -0.4 is 0 Å². The van der Waals surface area contributed by atoms with E-state index in [2.05, 4.69) is 18.6 Å². The molecule has 0 fully saturated rings. The molecule has 0 aliphatic heterocycles. The maximum atomic E-state index is 2.39. The molecule has 0 atom stereocenters. The van der Waals surface area contributed by atoms with Gasteiger partial charge in [0, 0.05) is 0 Å². The molecule has 0 unspecified atom stereocenters. The van der Waals surface area contributed by atoms with Crippen molar-refractivity contribution < 1.29 is 16.5 Å². The molecule has 0 aromatic heterocycles. The molecule has 54 valence electrons. The molecule has 0 N–H and O–H groups in total. The third-order valence-electron chi connectivity index (χ3n) is 1.48. The molecule has 0 radical (unpaired) electrons. The van der Waals surface area contributed by atoms with E-state index in [1.807, 2.05) is 0 Å². The van der Waals surface area contributed by atoms with Gasteiger partial charge in [-0.3, -0.25) is 0 Å². The summed E-state index contributed by atoms with van der Waals surface area (Å²) in [7, 11) is 0. The van der Waals surface area contributed by atoms with Gasteiger partial charge in [-0.25, -0.2) is 0 Å². The molecule has 1 aliphatic carbocycles. The van der Waals surface area contributed by atoms with Gasteiger partial charge >= 0.3 is 16.5 Å². The van der Waals surface area contributed by atoms with Crippen LogP contribution in [0.4, 0.5) is 0 Å². The zero-order valence-corrected chi connectivity index (χ0v) is 6.57. The third-order valence-corrected chi connectivity index (χ3v) is 1.48. The predicted octanol–water partition coefficient (Wildman–Crippen LogP) is 2.71. The number of hydrogen-bond donors (Lipinski definition) is 0. The fourth-order valence-corrected chi connectivity index (χ4v) is 0.974. The Hall–Kier alpha value is 0.234. The molecule has 0 amide bonds. The van der Waals surface area contributed by atoms with Crippen molar-refractivity contribution in [3.8, 4) is 0 Å². The molecule has 0 spiro atoms. The van der Waals surface area contributed by atoms with Gasteiger partial charge < -0.3 is 6.42 Å². The normalized spacial score (nSPS) is 19.6. The molecule has 0 bridgehead atoms. The second-order valence-electron chi connectivity index (χ2n) is 2.27. The Morgan fingerprint density at radius 3 is 2.67 bits per heavy atom. The first-order valence-corrected chi connectivity index (χ1v) is 3.47. The topological polar surface area (TPSA) is 0 Å². The first kappa shape index (κ1) is 9.23. The van der Waals surface area contributed by atoms with Crippen molar-refractivity contribution in [3.05, 3.63) is 18.6 Å².